The molecule has 1 aliphatic rings. The van der Waals surface area contributed by atoms with E-state index in [2.05, 4.69) is 16.7 Å². The Morgan fingerprint density at radius 1 is 1.28 bits per heavy atom. The van der Waals surface area contributed by atoms with Gasteiger partial charge in [0.25, 0.3) is 0 Å². The van der Waals surface area contributed by atoms with Crippen LogP contribution >= 0.6 is 0 Å². The third-order valence-corrected chi connectivity index (χ3v) is 4.45. The molecule has 2 aromatic carbocycles. The molecule has 1 atom stereocenters. The van der Waals surface area contributed by atoms with Gasteiger partial charge in [-0.15, -0.1) is 0 Å². The maximum absolute atomic E-state index is 12.6. The van der Waals surface area contributed by atoms with E-state index >= 15 is 0 Å². The number of carbonyl (C=O) groups is 2. The summed E-state index contributed by atoms with van der Waals surface area (Å²) in [6, 6.07) is 13.4. The van der Waals surface area contributed by atoms with E-state index in [1.165, 1.54) is 0 Å². The van der Waals surface area contributed by atoms with Gasteiger partial charge in [-0.25, -0.2) is 0 Å². The lowest BCUT2D eigenvalue weighted by Crippen LogP contribution is -2.35. The minimum Gasteiger partial charge on any atom is -0.496 e. The number of carbonyl (C=O) groups excluding carboxylic acids is 2. The van der Waals surface area contributed by atoms with Crippen LogP contribution in [0.25, 0.3) is 0 Å². The fourth-order valence-corrected chi connectivity index (χ4v) is 3.19. The fraction of sp³-hybridized carbons (Fsp3) is 0.300. The molecule has 0 spiro atoms. The van der Waals surface area contributed by atoms with Crippen molar-refractivity contribution in [1.29, 1.82) is 0 Å². The lowest BCUT2D eigenvalue weighted by atomic mass is 9.90. The first-order chi connectivity index (χ1) is 12.1. The van der Waals surface area contributed by atoms with E-state index < -0.39 is 5.92 Å². The number of aryl methyl sites for hydroxylation is 1. The number of anilines is 1. The first kappa shape index (κ1) is 17.0. The Morgan fingerprint density at radius 2 is 2.08 bits per heavy atom. The average Bonchev–Trinajstić information content (AvgIpc) is 2.61. The Labute approximate surface area is 147 Å². The van der Waals surface area contributed by atoms with E-state index in [1.807, 2.05) is 43.3 Å². The lowest BCUT2D eigenvalue weighted by molar-refractivity contribution is -0.126. The fourth-order valence-electron chi connectivity index (χ4n) is 3.19. The second-order valence-electron chi connectivity index (χ2n) is 6.25. The SMILES string of the molecule is COc1ccc(C)cc1CCNC(=O)C1CC(=O)Nc2ccccc21. The van der Waals surface area contributed by atoms with Gasteiger partial charge in [0.1, 0.15) is 5.75 Å². The number of hydrogen-bond acceptors (Lipinski definition) is 3. The number of para-hydroxylation sites is 1. The van der Waals surface area contributed by atoms with Crippen LogP contribution in [0, 0.1) is 6.92 Å². The minimum absolute atomic E-state index is 0.117. The summed E-state index contributed by atoms with van der Waals surface area (Å²) in [5, 5.41) is 5.77. The number of amides is 2. The maximum Gasteiger partial charge on any atom is 0.228 e. The second-order valence-corrected chi connectivity index (χ2v) is 6.25. The molecule has 3 rings (SSSR count). The van der Waals surface area contributed by atoms with Gasteiger partial charge < -0.3 is 15.4 Å². The molecule has 130 valence electrons. The predicted octanol–water partition coefficient (Wildman–Crippen LogP) is 2.79. The number of fused-ring (bicyclic) bond motifs is 1. The quantitative estimate of drug-likeness (QED) is 0.881. The third kappa shape index (κ3) is 3.82. The summed E-state index contributed by atoms with van der Waals surface area (Å²) in [7, 11) is 1.64. The molecule has 2 N–H and O–H groups in total. The average molecular weight is 338 g/mol. The van der Waals surface area contributed by atoms with Crippen LogP contribution in [0.3, 0.4) is 0 Å². The van der Waals surface area contributed by atoms with Crippen molar-refractivity contribution < 1.29 is 14.3 Å². The Bertz CT molecular complexity index is 801. The van der Waals surface area contributed by atoms with Crippen molar-refractivity contribution in [3.05, 3.63) is 59.2 Å². The molecule has 0 saturated carbocycles. The number of rotatable bonds is 5. The van der Waals surface area contributed by atoms with Crippen molar-refractivity contribution in [2.75, 3.05) is 19.0 Å². The zero-order valence-electron chi connectivity index (χ0n) is 14.5. The van der Waals surface area contributed by atoms with Crippen molar-refractivity contribution in [1.82, 2.24) is 5.32 Å². The Balaban J connectivity index is 1.66. The Morgan fingerprint density at radius 3 is 2.88 bits per heavy atom. The normalized spacial score (nSPS) is 15.9. The van der Waals surface area contributed by atoms with Gasteiger partial charge >= 0.3 is 0 Å². The van der Waals surface area contributed by atoms with Gasteiger partial charge in [-0.1, -0.05) is 35.9 Å². The van der Waals surface area contributed by atoms with E-state index in [0.717, 1.165) is 28.1 Å². The van der Waals surface area contributed by atoms with Crippen LogP contribution in [-0.2, 0) is 16.0 Å². The van der Waals surface area contributed by atoms with Gasteiger partial charge in [0.05, 0.1) is 13.0 Å². The topological polar surface area (TPSA) is 67.4 Å². The monoisotopic (exact) mass is 338 g/mol. The van der Waals surface area contributed by atoms with Crippen LogP contribution in [0.2, 0.25) is 0 Å². The Hall–Kier alpha value is -2.82. The Kier molecular flexibility index (Phi) is 5.03. The smallest absolute Gasteiger partial charge is 0.228 e. The molecular formula is C20H22N2O3. The summed E-state index contributed by atoms with van der Waals surface area (Å²) in [6.07, 6.45) is 0.855. The van der Waals surface area contributed by atoms with Crippen molar-refractivity contribution in [3.63, 3.8) is 0 Å². The number of ether oxygens (including phenoxy) is 1. The zero-order valence-corrected chi connectivity index (χ0v) is 14.5. The van der Waals surface area contributed by atoms with Crippen molar-refractivity contribution in [3.8, 4) is 5.75 Å². The molecule has 1 aliphatic heterocycles. The molecule has 0 fully saturated rings. The first-order valence-corrected chi connectivity index (χ1v) is 8.38. The van der Waals surface area contributed by atoms with Crippen molar-refractivity contribution in [2.45, 2.75) is 25.7 Å². The minimum atomic E-state index is -0.440. The summed E-state index contributed by atoms with van der Waals surface area (Å²) < 4.78 is 5.37. The highest BCUT2D eigenvalue weighted by atomic mass is 16.5. The number of nitrogens with one attached hydrogen (secondary N) is 2. The number of hydrogen-bond donors (Lipinski definition) is 2. The molecule has 1 unspecified atom stereocenters. The van der Waals surface area contributed by atoms with Crippen LogP contribution in [0.15, 0.2) is 42.5 Å². The summed E-state index contributed by atoms with van der Waals surface area (Å²) in [4.78, 5) is 24.4. The van der Waals surface area contributed by atoms with Crippen molar-refractivity contribution in [2.24, 2.45) is 0 Å². The number of methoxy groups -OCH3 is 1. The van der Waals surface area contributed by atoms with Gasteiger partial charge in [-0.05, 0) is 36.6 Å². The lowest BCUT2D eigenvalue weighted by Gasteiger charge is -2.24. The standard InChI is InChI=1S/C20H22N2O3/c1-13-7-8-18(25-2)14(11-13)9-10-21-20(24)16-12-19(23)22-17-6-4-3-5-15(16)17/h3-8,11,16H,9-10,12H2,1-2H3,(H,21,24)(H,22,23). The van der Waals surface area contributed by atoms with Crippen LogP contribution in [0.5, 0.6) is 5.75 Å². The van der Waals surface area contributed by atoms with E-state index in [-0.39, 0.29) is 18.2 Å². The molecule has 2 amide bonds. The summed E-state index contributed by atoms with van der Waals surface area (Å²) in [5.41, 5.74) is 3.80. The molecule has 0 radical (unpaired) electrons. The van der Waals surface area contributed by atoms with Gasteiger partial charge in [-0.2, -0.15) is 0 Å². The largest absolute Gasteiger partial charge is 0.496 e. The van der Waals surface area contributed by atoms with Crippen LogP contribution in [-0.4, -0.2) is 25.5 Å². The van der Waals surface area contributed by atoms with E-state index in [9.17, 15) is 9.59 Å². The molecule has 25 heavy (non-hydrogen) atoms. The summed E-state index contributed by atoms with van der Waals surface area (Å²) >= 11 is 0. The van der Waals surface area contributed by atoms with Gasteiger partial charge in [-0.3, -0.25) is 9.59 Å². The molecule has 0 aromatic heterocycles. The maximum atomic E-state index is 12.6. The molecule has 0 saturated heterocycles. The summed E-state index contributed by atoms with van der Waals surface area (Å²) in [6.45, 7) is 2.53. The van der Waals surface area contributed by atoms with Gasteiger partial charge in [0.15, 0.2) is 0 Å². The van der Waals surface area contributed by atoms with Gasteiger partial charge in [0.2, 0.25) is 11.8 Å². The predicted molar refractivity (Wildman–Crippen MR) is 96.9 cm³/mol. The molecule has 1 heterocycles. The highest BCUT2D eigenvalue weighted by Gasteiger charge is 2.30. The second kappa shape index (κ2) is 7.38. The van der Waals surface area contributed by atoms with Crippen LogP contribution in [0.4, 0.5) is 5.69 Å². The van der Waals surface area contributed by atoms with Gasteiger partial charge in [0, 0.05) is 18.7 Å². The highest BCUT2D eigenvalue weighted by Crippen LogP contribution is 2.32. The third-order valence-electron chi connectivity index (χ3n) is 4.45. The van der Waals surface area contributed by atoms with Crippen LogP contribution in [0.1, 0.15) is 29.0 Å². The number of benzene rings is 2. The molecule has 2 aromatic rings. The van der Waals surface area contributed by atoms with Crippen LogP contribution < -0.4 is 15.4 Å². The van der Waals surface area contributed by atoms with E-state index in [1.54, 1.807) is 7.11 Å². The highest BCUT2D eigenvalue weighted by molar-refractivity contribution is 6.01. The first-order valence-electron chi connectivity index (χ1n) is 8.38. The molecule has 0 aliphatic carbocycles. The molecule has 5 nitrogen and oxygen atoms in total. The van der Waals surface area contributed by atoms with E-state index in [0.29, 0.717) is 13.0 Å². The molecule has 0 bridgehead atoms. The van der Waals surface area contributed by atoms with E-state index in [4.69, 9.17) is 4.74 Å². The molecular weight excluding hydrogens is 316 g/mol. The molecule has 5 heteroatoms. The summed E-state index contributed by atoms with van der Waals surface area (Å²) in [5.74, 6) is 0.139. The van der Waals surface area contributed by atoms with Crippen molar-refractivity contribution >= 4 is 17.5 Å². The zero-order chi connectivity index (χ0) is 17.8.